The van der Waals surface area contributed by atoms with E-state index < -0.39 is 0 Å². The average molecular weight is 247 g/mol. The van der Waals surface area contributed by atoms with Crippen LogP contribution >= 0.6 is 0 Å². The van der Waals surface area contributed by atoms with Gasteiger partial charge in [-0.2, -0.15) is 0 Å². The molecule has 0 aromatic heterocycles. The molecule has 1 heterocycles. The van der Waals surface area contributed by atoms with Gasteiger partial charge in [-0.3, -0.25) is 0 Å². The van der Waals surface area contributed by atoms with Gasteiger partial charge in [0.05, 0.1) is 12.1 Å². The van der Waals surface area contributed by atoms with Gasteiger partial charge in [-0.25, -0.2) is 0 Å². The summed E-state index contributed by atoms with van der Waals surface area (Å²) >= 11 is 0. The van der Waals surface area contributed by atoms with Crippen molar-refractivity contribution in [1.82, 2.24) is 0 Å². The van der Waals surface area contributed by atoms with E-state index >= 15 is 0 Å². The van der Waals surface area contributed by atoms with Crippen LogP contribution in [0, 0.1) is 0 Å². The molecule has 2 atom stereocenters. The molecule has 1 aliphatic rings. The Balaban J connectivity index is 1.81. The normalized spacial score (nSPS) is 20.0. The van der Waals surface area contributed by atoms with E-state index in [1.54, 1.807) is 0 Å². The Morgan fingerprint density at radius 1 is 1.28 bits per heavy atom. The Hall–Kier alpha value is -1.02. The SMILES string of the molecule is CCCCCCC(O)C1CCc2ccccc2N1. The molecule has 0 saturated carbocycles. The van der Waals surface area contributed by atoms with Crippen molar-refractivity contribution in [2.75, 3.05) is 5.32 Å². The van der Waals surface area contributed by atoms with E-state index in [1.807, 2.05) is 0 Å². The highest BCUT2D eigenvalue weighted by Crippen LogP contribution is 2.26. The first kappa shape index (κ1) is 13.4. The zero-order chi connectivity index (χ0) is 12.8. The van der Waals surface area contributed by atoms with E-state index in [1.165, 1.54) is 30.5 Å². The van der Waals surface area contributed by atoms with Crippen molar-refractivity contribution in [3.8, 4) is 0 Å². The van der Waals surface area contributed by atoms with Gasteiger partial charge in [-0.1, -0.05) is 50.8 Å². The Morgan fingerprint density at radius 2 is 2.11 bits per heavy atom. The Kier molecular flexibility index (Phi) is 5.06. The molecule has 0 amide bonds. The summed E-state index contributed by atoms with van der Waals surface area (Å²) in [6.07, 6.45) is 7.80. The van der Waals surface area contributed by atoms with Crippen LogP contribution in [0.5, 0.6) is 0 Å². The fraction of sp³-hybridized carbons (Fsp3) is 0.625. The number of aliphatic hydroxyl groups is 1. The number of hydrogen-bond donors (Lipinski definition) is 2. The molecule has 2 N–H and O–H groups in total. The van der Waals surface area contributed by atoms with E-state index in [4.69, 9.17) is 0 Å². The third-order valence-corrected chi connectivity index (χ3v) is 3.90. The summed E-state index contributed by atoms with van der Waals surface area (Å²) in [6.45, 7) is 2.22. The van der Waals surface area contributed by atoms with Crippen LogP contribution in [-0.4, -0.2) is 17.3 Å². The highest BCUT2D eigenvalue weighted by atomic mass is 16.3. The average Bonchev–Trinajstić information content (AvgIpc) is 2.43. The predicted molar refractivity (Wildman–Crippen MR) is 76.9 cm³/mol. The molecule has 0 spiro atoms. The summed E-state index contributed by atoms with van der Waals surface area (Å²) in [6, 6.07) is 8.67. The molecule has 1 aromatic carbocycles. The summed E-state index contributed by atoms with van der Waals surface area (Å²) in [5.41, 5.74) is 2.59. The first-order valence-corrected chi connectivity index (χ1v) is 7.33. The van der Waals surface area contributed by atoms with Gasteiger partial charge in [-0.15, -0.1) is 0 Å². The fourth-order valence-electron chi connectivity index (χ4n) is 2.73. The van der Waals surface area contributed by atoms with E-state index in [9.17, 15) is 5.11 Å². The van der Waals surface area contributed by atoms with E-state index in [0.717, 1.165) is 25.7 Å². The lowest BCUT2D eigenvalue weighted by molar-refractivity contribution is 0.134. The zero-order valence-electron chi connectivity index (χ0n) is 11.4. The van der Waals surface area contributed by atoms with Crippen LogP contribution < -0.4 is 5.32 Å². The number of aliphatic hydroxyl groups excluding tert-OH is 1. The Labute approximate surface area is 110 Å². The lowest BCUT2D eigenvalue weighted by Gasteiger charge is -2.30. The maximum absolute atomic E-state index is 10.2. The maximum Gasteiger partial charge on any atom is 0.0741 e. The molecular weight excluding hydrogens is 222 g/mol. The second kappa shape index (κ2) is 6.79. The van der Waals surface area contributed by atoms with Crippen LogP contribution in [0.3, 0.4) is 0 Å². The van der Waals surface area contributed by atoms with E-state index in [0.29, 0.717) is 0 Å². The molecule has 0 aliphatic carbocycles. The minimum Gasteiger partial charge on any atom is -0.391 e. The molecule has 2 nitrogen and oxygen atoms in total. The summed E-state index contributed by atoms with van der Waals surface area (Å²) in [5, 5.41) is 13.7. The molecule has 0 fully saturated rings. The second-order valence-electron chi connectivity index (χ2n) is 5.36. The lowest BCUT2D eigenvalue weighted by atomic mass is 9.92. The van der Waals surface area contributed by atoms with Gasteiger partial charge < -0.3 is 10.4 Å². The number of unbranched alkanes of at least 4 members (excludes halogenated alkanes) is 3. The van der Waals surface area contributed by atoms with Crippen LogP contribution in [0.4, 0.5) is 5.69 Å². The summed E-state index contributed by atoms with van der Waals surface area (Å²) in [7, 11) is 0. The monoisotopic (exact) mass is 247 g/mol. The van der Waals surface area contributed by atoms with Crippen molar-refractivity contribution < 1.29 is 5.11 Å². The third kappa shape index (κ3) is 3.49. The fourth-order valence-corrected chi connectivity index (χ4v) is 2.73. The summed E-state index contributed by atoms with van der Waals surface area (Å²) in [5.74, 6) is 0. The number of nitrogens with one attached hydrogen (secondary N) is 1. The van der Waals surface area contributed by atoms with Crippen LogP contribution in [0.2, 0.25) is 0 Å². The summed E-state index contributed by atoms with van der Waals surface area (Å²) in [4.78, 5) is 0. The van der Waals surface area contributed by atoms with Crippen molar-refractivity contribution in [1.29, 1.82) is 0 Å². The van der Waals surface area contributed by atoms with Crippen molar-refractivity contribution in [2.45, 2.75) is 64.0 Å². The number of para-hydroxylation sites is 1. The Morgan fingerprint density at radius 3 is 2.94 bits per heavy atom. The predicted octanol–water partition coefficient (Wildman–Crippen LogP) is 3.74. The standard InChI is InChI=1S/C16H25NO/c1-2-3-4-5-10-16(18)15-12-11-13-8-6-7-9-14(13)17-15/h6-9,15-18H,2-5,10-12H2,1H3. The topological polar surface area (TPSA) is 32.3 Å². The highest BCUT2D eigenvalue weighted by Gasteiger charge is 2.23. The van der Waals surface area contributed by atoms with E-state index in [2.05, 4.69) is 36.5 Å². The third-order valence-electron chi connectivity index (χ3n) is 3.90. The van der Waals surface area contributed by atoms with Crippen LogP contribution in [0.25, 0.3) is 0 Å². The second-order valence-corrected chi connectivity index (χ2v) is 5.36. The van der Waals surface area contributed by atoms with E-state index in [-0.39, 0.29) is 12.1 Å². The highest BCUT2D eigenvalue weighted by molar-refractivity contribution is 5.53. The number of anilines is 1. The Bertz CT molecular complexity index is 364. The minimum absolute atomic E-state index is 0.199. The molecule has 100 valence electrons. The molecule has 0 saturated heterocycles. The minimum atomic E-state index is -0.199. The number of benzene rings is 1. The van der Waals surface area contributed by atoms with Gasteiger partial charge in [0.15, 0.2) is 0 Å². The van der Waals surface area contributed by atoms with Gasteiger partial charge in [0.2, 0.25) is 0 Å². The number of fused-ring (bicyclic) bond motifs is 1. The maximum atomic E-state index is 10.2. The molecule has 1 aromatic rings. The van der Waals surface area contributed by atoms with Gasteiger partial charge in [0.1, 0.15) is 0 Å². The zero-order valence-corrected chi connectivity index (χ0v) is 11.4. The van der Waals surface area contributed by atoms with Gasteiger partial charge in [0.25, 0.3) is 0 Å². The molecule has 2 heteroatoms. The van der Waals surface area contributed by atoms with Gasteiger partial charge in [0, 0.05) is 5.69 Å². The van der Waals surface area contributed by atoms with Gasteiger partial charge in [-0.05, 0) is 30.9 Å². The molecule has 1 aliphatic heterocycles. The molecular formula is C16H25NO. The first-order valence-electron chi connectivity index (χ1n) is 7.33. The number of aryl methyl sites for hydroxylation is 1. The first-order chi connectivity index (χ1) is 8.81. The van der Waals surface area contributed by atoms with Crippen molar-refractivity contribution in [3.05, 3.63) is 29.8 Å². The smallest absolute Gasteiger partial charge is 0.0741 e. The molecule has 0 bridgehead atoms. The molecule has 2 unspecified atom stereocenters. The van der Waals surface area contributed by atoms with Crippen molar-refractivity contribution in [3.63, 3.8) is 0 Å². The van der Waals surface area contributed by atoms with Crippen LogP contribution in [-0.2, 0) is 6.42 Å². The summed E-state index contributed by atoms with van der Waals surface area (Å²) < 4.78 is 0. The van der Waals surface area contributed by atoms with Crippen LogP contribution in [0.15, 0.2) is 24.3 Å². The number of rotatable bonds is 6. The lowest BCUT2D eigenvalue weighted by Crippen LogP contribution is -2.36. The molecule has 2 rings (SSSR count). The quantitative estimate of drug-likeness (QED) is 0.750. The number of hydrogen-bond acceptors (Lipinski definition) is 2. The largest absolute Gasteiger partial charge is 0.391 e. The molecule has 0 radical (unpaired) electrons. The van der Waals surface area contributed by atoms with Crippen LogP contribution in [0.1, 0.15) is 51.0 Å². The molecule has 18 heavy (non-hydrogen) atoms. The van der Waals surface area contributed by atoms with Crippen molar-refractivity contribution in [2.24, 2.45) is 0 Å². The van der Waals surface area contributed by atoms with Crippen molar-refractivity contribution >= 4 is 5.69 Å². The van der Waals surface area contributed by atoms with Gasteiger partial charge >= 0.3 is 0 Å².